The number of halogens is 2. The van der Waals surface area contributed by atoms with Gasteiger partial charge in [-0.3, -0.25) is 19.6 Å². The summed E-state index contributed by atoms with van der Waals surface area (Å²) in [5.74, 6) is -0.344. The van der Waals surface area contributed by atoms with Gasteiger partial charge in [0.1, 0.15) is 11.0 Å². The second kappa shape index (κ2) is 13.7. The van der Waals surface area contributed by atoms with Crippen LogP contribution in [-0.2, 0) is 17.9 Å². The average Bonchev–Trinajstić information content (AvgIpc) is 3.85. The highest BCUT2D eigenvalue weighted by atomic mass is 35.5. The number of alkyl halides is 1. The molecule has 2 fully saturated rings. The Morgan fingerprint density at radius 2 is 1.88 bits per heavy atom. The summed E-state index contributed by atoms with van der Waals surface area (Å²) in [5.41, 5.74) is 6.67. The van der Waals surface area contributed by atoms with Crippen molar-refractivity contribution in [1.29, 1.82) is 0 Å². The first-order valence-electron chi connectivity index (χ1n) is 17.2. The zero-order valence-electron chi connectivity index (χ0n) is 28.1. The zero-order chi connectivity index (χ0) is 35.3. The number of oxazole rings is 1. The highest BCUT2D eigenvalue weighted by Gasteiger charge is 2.41. The number of fused-ring (bicyclic) bond motifs is 2. The van der Waals surface area contributed by atoms with E-state index >= 15 is 0 Å². The van der Waals surface area contributed by atoms with Gasteiger partial charge in [-0.05, 0) is 85.0 Å². The molecule has 12 heteroatoms. The number of nitrogens with zero attached hydrogens (tertiary/aromatic N) is 5. The molecule has 5 heterocycles. The largest absolute Gasteiger partial charge is 0.481 e. The second-order valence-electron chi connectivity index (χ2n) is 14.0. The monoisotopic (exact) mass is 724 g/mol. The highest BCUT2D eigenvalue weighted by molar-refractivity contribution is 6.34. The van der Waals surface area contributed by atoms with Crippen molar-refractivity contribution in [2.45, 2.75) is 49.8 Å². The van der Waals surface area contributed by atoms with E-state index < -0.39 is 10.8 Å². The number of anilines is 2. The quantitative estimate of drug-likeness (QED) is 0.133. The summed E-state index contributed by atoms with van der Waals surface area (Å²) in [4.78, 5) is 29.2. The second-order valence-corrected chi connectivity index (χ2v) is 15.2. The van der Waals surface area contributed by atoms with Crippen molar-refractivity contribution in [3.05, 3.63) is 107 Å². The number of aromatic nitrogens is 3. The Bertz CT molecular complexity index is 2200. The Labute approximate surface area is 305 Å². The van der Waals surface area contributed by atoms with Crippen LogP contribution >= 0.6 is 23.2 Å². The lowest BCUT2D eigenvalue weighted by atomic mass is 9.79. The molecular weight excluding hydrogens is 687 g/mol. The molecule has 0 saturated carbocycles. The molecule has 0 amide bonds. The van der Waals surface area contributed by atoms with Crippen LogP contribution in [0.2, 0.25) is 5.02 Å². The van der Waals surface area contributed by atoms with Gasteiger partial charge in [-0.2, -0.15) is 0 Å². The van der Waals surface area contributed by atoms with Crippen LogP contribution in [0.3, 0.4) is 0 Å². The Morgan fingerprint density at radius 1 is 1.06 bits per heavy atom. The molecule has 0 bridgehead atoms. The van der Waals surface area contributed by atoms with Crippen LogP contribution < -0.4 is 5.32 Å². The van der Waals surface area contributed by atoms with Crippen LogP contribution in [0.5, 0.6) is 0 Å². The van der Waals surface area contributed by atoms with Crippen LogP contribution in [-0.4, -0.2) is 78.1 Å². The minimum atomic E-state index is -0.897. The van der Waals surface area contributed by atoms with E-state index in [1.54, 1.807) is 6.20 Å². The number of carbonyl (C=O) groups is 1. The molecule has 2 aliphatic heterocycles. The van der Waals surface area contributed by atoms with Crippen molar-refractivity contribution in [2.75, 3.05) is 31.5 Å². The van der Waals surface area contributed by atoms with E-state index in [1.165, 1.54) is 0 Å². The van der Waals surface area contributed by atoms with Crippen molar-refractivity contribution < 1.29 is 19.4 Å². The van der Waals surface area contributed by atoms with Gasteiger partial charge in [0.05, 0.1) is 27.8 Å². The number of rotatable bonds is 9. The normalized spacial score (nSPS) is 24.1. The van der Waals surface area contributed by atoms with Crippen LogP contribution in [0.4, 0.5) is 11.5 Å². The Balaban J connectivity index is 1.01. The summed E-state index contributed by atoms with van der Waals surface area (Å²) in [5, 5.41) is 24.2. The van der Waals surface area contributed by atoms with Gasteiger partial charge in [-0.25, -0.2) is 9.97 Å². The van der Waals surface area contributed by atoms with Crippen LogP contribution in [0, 0.1) is 5.92 Å². The summed E-state index contributed by atoms with van der Waals surface area (Å²) in [6.07, 6.45) is 10.9. The highest BCUT2D eigenvalue weighted by Crippen LogP contribution is 2.48. The third kappa shape index (κ3) is 6.86. The van der Waals surface area contributed by atoms with Gasteiger partial charge < -0.3 is 19.9 Å². The summed E-state index contributed by atoms with van der Waals surface area (Å²) < 4.78 is 6.29. The van der Waals surface area contributed by atoms with Gasteiger partial charge in [-0.15, -0.1) is 11.6 Å². The molecule has 3 aromatic heterocycles. The van der Waals surface area contributed by atoms with Gasteiger partial charge in [0.25, 0.3) is 0 Å². The van der Waals surface area contributed by atoms with Gasteiger partial charge >= 0.3 is 5.97 Å². The molecule has 8 rings (SSSR count). The number of nitrogens with one attached hydrogen (secondary N) is 1. The van der Waals surface area contributed by atoms with Crippen molar-refractivity contribution in [3.8, 4) is 0 Å². The van der Waals surface area contributed by atoms with Gasteiger partial charge in [-0.1, -0.05) is 42.0 Å². The smallest absolute Gasteiger partial charge is 0.307 e. The lowest BCUT2D eigenvalue weighted by Crippen LogP contribution is -2.29. The van der Waals surface area contributed by atoms with Crippen molar-refractivity contribution in [3.63, 3.8) is 0 Å². The molecule has 1 aliphatic carbocycles. The number of benzene rings is 2. The van der Waals surface area contributed by atoms with E-state index in [0.717, 1.165) is 64.9 Å². The Hall–Kier alpha value is -4.32. The molecule has 3 N–H and O–H groups in total. The Kier molecular flexibility index (Phi) is 9.06. The van der Waals surface area contributed by atoms with E-state index in [9.17, 15) is 15.0 Å². The summed E-state index contributed by atoms with van der Waals surface area (Å²) in [6, 6.07) is 16.0. The summed E-state index contributed by atoms with van der Waals surface area (Å²) >= 11 is 14.1. The van der Waals surface area contributed by atoms with Gasteiger partial charge in [0, 0.05) is 56.2 Å². The maximum atomic E-state index is 11.4. The van der Waals surface area contributed by atoms with Gasteiger partial charge in [0.15, 0.2) is 11.4 Å². The average molecular weight is 726 g/mol. The molecule has 51 heavy (non-hydrogen) atoms. The predicted molar refractivity (Wildman–Crippen MR) is 199 cm³/mol. The molecule has 2 unspecified atom stereocenters. The number of β-amino-alcohol motifs (C(OH)–C–C–N with tert-alkyl or cyclic N) is 1. The molecule has 0 radical (unpaired) electrons. The third-order valence-corrected chi connectivity index (χ3v) is 11.0. The number of aliphatic hydroxyl groups is 1. The maximum Gasteiger partial charge on any atom is 0.307 e. The van der Waals surface area contributed by atoms with E-state index in [1.807, 2.05) is 67.7 Å². The molecule has 5 aromatic rings. The van der Waals surface area contributed by atoms with Crippen LogP contribution in [0.15, 0.2) is 83.6 Å². The number of likely N-dealkylation sites (tertiary alicyclic amines) is 2. The third-order valence-electron chi connectivity index (χ3n) is 10.2. The van der Waals surface area contributed by atoms with Crippen LogP contribution in [0.25, 0.3) is 27.6 Å². The van der Waals surface area contributed by atoms with E-state index in [4.69, 9.17) is 37.6 Å². The fraction of sp³-hybridized carbons (Fsp3) is 0.333. The van der Waals surface area contributed by atoms with Crippen molar-refractivity contribution in [1.82, 2.24) is 24.8 Å². The number of allylic oxidation sites excluding steroid dienone is 4. The van der Waals surface area contributed by atoms with Gasteiger partial charge in [0.2, 0.25) is 5.89 Å². The van der Waals surface area contributed by atoms with E-state index in [-0.39, 0.29) is 17.9 Å². The predicted octanol–water partition coefficient (Wildman–Crippen LogP) is 7.38. The molecule has 3 aliphatic rings. The standard InChI is InChI=1S/C39H38Cl2N6O4/c1-39(41)30(6-3-7-31(39)37-45-33-16-23(15-32(40)35(33)51-37)19-46-12-9-27(21-46)38(49)50)25-4-2-5-28(17-25)44-36-34-26(8-11-42-36)14-24(18-43-34)20-47-13-10-29(48)22-47/h2-8,11,14-18,27,29,31,48H,9-10,12-13,19-22H2,1H3,(H,42,44)(H,49,50)/t27-,29+,31?,39?/m0/s1. The number of carboxylic acids is 1. The number of aliphatic hydroxyl groups excluding tert-OH is 1. The molecule has 2 aromatic carbocycles. The first-order valence-corrected chi connectivity index (χ1v) is 18.0. The number of hydrogen-bond acceptors (Lipinski definition) is 9. The van der Waals surface area contributed by atoms with E-state index in [0.29, 0.717) is 53.9 Å². The number of pyridine rings is 2. The van der Waals surface area contributed by atoms with Crippen molar-refractivity contribution in [2.24, 2.45) is 5.92 Å². The fourth-order valence-corrected chi connectivity index (χ4v) is 8.20. The summed E-state index contributed by atoms with van der Waals surface area (Å²) in [7, 11) is 0. The number of aliphatic carboxylic acids is 1. The minimum absolute atomic E-state index is 0.254. The van der Waals surface area contributed by atoms with E-state index in [2.05, 4.69) is 32.2 Å². The topological polar surface area (TPSA) is 128 Å². The van der Waals surface area contributed by atoms with Crippen molar-refractivity contribution >= 4 is 68.3 Å². The number of hydrogen-bond donors (Lipinski definition) is 3. The Morgan fingerprint density at radius 3 is 2.69 bits per heavy atom. The molecular formula is C39H38Cl2N6O4. The first-order chi connectivity index (χ1) is 24.6. The fourth-order valence-electron chi connectivity index (χ4n) is 7.59. The molecule has 262 valence electrons. The molecule has 10 nitrogen and oxygen atoms in total. The van der Waals surface area contributed by atoms with Crippen LogP contribution in [0.1, 0.15) is 48.3 Å². The first kappa shape index (κ1) is 33.8. The summed E-state index contributed by atoms with van der Waals surface area (Å²) in [6.45, 7) is 6.12. The molecule has 0 spiro atoms. The molecule has 4 atom stereocenters. The SMILES string of the molecule is CC1(Cl)C(c2cccc(Nc3nccc4cc(CN5CC[C@@H](O)C5)cnc34)c2)=CC=CC1c1nc2cc(CN3CC[C@H](C(=O)O)C3)cc(Cl)c2o1. The minimum Gasteiger partial charge on any atom is -0.481 e. The lowest BCUT2D eigenvalue weighted by molar-refractivity contribution is -0.141. The number of carboxylic acid groups (broad SMARTS) is 1. The lowest BCUT2D eigenvalue weighted by Gasteiger charge is -2.33. The zero-order valence-corrected chi connectivity index (χ0v) is 29.6. The maximum absolute atomic E-state index is 11.4. The molecule has 2 saturated heterocycles.